The van der Waals surface area contributed by atoms with Gasteiger partial charge in [-0.1, -0.05) is 20.1 Å². The van der Waals surface area contributed by atoms with E-state index in [0.717, 1.165) is 38.4 Å². The summed E-state index contributed by atoms with van der Waals surface area (Å²) < 4.78 is 12.0. The summed E-state index contributed by atoms with van der Waals surface area (Å²) in [7, 11) is 0. The summed E-state index contributed by atoms with van der Waals surface area (Å²) in [4.78, 5) is 10.4. The number of rotatable bonds is 6. The van der Waals surface area contributed by atoms with E-state index in [1.807, 2.05) is 0 Å². The molecule has 0 amide bonds. The third-order valence-electron chi connectivity index (χ3n) is 4.83. The topological polar surface area (TPSA) is 35.5 Å². The van der Waals surface area contributed by atoms with Crippen LogP contribution in [0.15, 0.2) is 24.3 Å². The van der Waals surface area contributed by atoms with Crippen LogP contribution in [0.4, 0.5) is 0 Å². The highest BCUT2D eigenvalue weighted by Gasteiger charge is 2.31. The second-order valence-electron chi connectivity index (χ2n) is 6.54. The van der Waals surface area contributed by atoms with Gasteiger partial charge in [0, 0.05) is 6.42 Å². The van der Waals surface area contributed by atoms with E-state index < -0.39 is 0 Å². The Hall–Kier alpha value is -0.930. The first-order chi connectivity index (χ1) is 10.0. The van der Waals surface area contributed by atoms with E-state index >= 15 is 0 Å². The first-order valence-electron chi connectivity index (χ1n) is 8.12. The van der Waals surface area contributed by atoms with Crippen molar-refractivity contribution in [3.63, 3.8) is 0 Å². The minimum Gasteiger partial charge on any atom is -0.371 e. The van der Waals surface area contributed by atoms with Crippen molar-refractivity contribution >= 4 is 6.29 Å². The lowest BCUT2D eigenvalue weighted by Gasteiger charge is -2.34. The van der Waals surface area contributed by atoms with Crippen LogP contribution in [0.2, 0.25) is 0 Å². The van der Waals surface area contributed by atoms with Crippen molar-refractivity contribution in [3.8, 4) is 0 Å². The molecule has 118 valence electrons. The molecule has 0 spiro atoms. The quantitative estimate of drug-likeness (QED) is 0.551. The van der Waals surface area contributed by atoms with Gasteiger partial charge in [-0.3, -0.25) is 0 Å². The van der Waals surface area contributed by atoms with Gasteiger partial charge in [-0.2, -0.15) is 0 Å². The van der Waals surface area contributed by atoms with Gasteiger partial charge in [0.15, 0.2) is 0 Å². The molecule has 0 aromatic carbocycles. The Balaban J connectivity index is 1.77. The molecular formula is C18H28O3. The molecule has 0 radical (unpaired) electrons. The standard InChI is InChI=1S/C18H28O3/c1-12-10-17(20-15(4)14(12)3)7-8-18-13(2)11-16(21-18)6-5-9-19/h9,12,15-18H,2-3,5-8,10-11H2,1,4H3/t12-,15-,16?,17+,18?/m1/s1. The molecule has 2 heterocycles. The van der Waals surface area contributed by atoms with E-state index in [1.54, 1.807) is 0 Å². The maximum atomic E-state index is 10.4. The maximum absolute atomic E-state index is 10.4. The molecule has 0 aromatic rings. The maximum Gasteiger partial charge on any atom is 0.120 e. The van der Waals surface area contributed by atoms with Crippen molar-refractivity contribution in [2.75, 3.05) is 0 Å². The largest absolute Gasteiger partial charge is 0.371 e. The Morgan fingerprint density at radius 2 is 1.90 bits per heavy atom. The second-order valence-corrected chi connectivity index (χ2v) is 6.54. The van der Waals surface area contributed by atoms with Crippen molar-refractivity contribution in [2.24, 2.45) is 5.92 Å². The molecule has 21 heavy (non-hydrogen) atoms. The Morgan fingerprint density at radius 1 is 1.14 bits per heavy atom. The number of carbonyl (C=O) groups excluding carboxylic acids is 1. The van der Waals surface area contributed by atoms with Crippen LogP contribution in [-0.4, -0.2) is 30.7 Å². The van der Waals surface area contributed by atoms with Crippen LogP contribution in [0.25, 0.3) is 0 Å². The molecule has 0 aliphatic carbocycles. The van der Waals surface area contributed by atoms with E-state index in [0.29, 0.717) is 18.4 Å². The van der Waals surface area contributed by atoms with Gasteiger partial charge in [0.1, 0.15) is 6.29 Å². The lowest BCUT2D eigenvalue weighted by molar-refractivity contribution is -0.108. The Morgan fingerprint density at radius 3 is 2.57 bits per heavy atom. The molecule has 0 saturated carbocycles. The number of aldehydes is 1. The van der Waals surface area contributed by atoms with Crippen LogP contribution in [0.5, 0.6) is 0 Å². The third kappa shape index (κ3) is 4.27. The van der Waals surface area contributed by atoms with E-state index in [-0.39, 0.29) is 18.3 Å². The fourth-order valence-electron chi connectivity index (χ4n) is 3.40. The number of ether oxygens (including phenoxy) is 2. The van der Waals surface area contributed by atoms with Gasteiger partial charge in [0.2, 0.25) is 0 Å². The number of hydrogen-bond acceptors (Lipinski definition) is 3. The van der Waals surface area contributed by atoms with Gasteiger partial charge >= 0.3 is 0 Å². The van der Waals surface area contributed by atoms with Gasteiger partial charge in [-0.15, -0.1) is 0 Å². The van der Waals surface area contributed by atoms with Crippen molar-refractivity contribution in [1.82, 2.24) is 0 Å². The first kappa shape index (κ1) is 16.4. The zero-order valence-corrected chi connectivity index (χ0v) is 13.3. The average Bonchev–Trinajstić information content (AvgIpc) is 2.80. The first-order valence-corrected chi connectivity index (χ1v) is 8.12. The van der Waals surface area contributed by atoms with Crippen molar-refractivity contribution < 1.29 is 14.3 Å². The summed E-state index contributed by atoms with van der Waals surface area (Å²) in [6.07, 6.45) is 7.05. The zero-order valence-electron chi connectivity index (χ0n) is 13.3. The summed E-state index contributed by atoms with van der Waals surface area (Å²) in [6, 6.07) is 0. The van der Waals surface area contributed by atoms with Gasteiger partial charge in [0.25, 0.3) is 0 Å². The van der Waals surface area contributed by atoms with Gasteiger partial charge in [-0.25, -0.2) is 0 Å². The predicted molar refractivity (Wildman–Crippen MR) is 84.2 cm³/mol. The highest BCUT2D eigenvalue weighted by Crippen LogP contribution is 2.34. The SMILES string of the molecule is C=C1CC(CCC=O)OC1CC[C@H]1C[C@@H](C)C(=C)[C@@H](C)O1. The molecule has 2 rings (SSSR count). The summed E-state index contributed by atoms with van der Waals surface area (Å²) in [5.41, 5.74) is 2.38. The minimum atomic E-state index is 0.140. The summed E-state index contributed by atoms with van der Waals surface area (Å²) in [6.45, 7) is 12.6. The number of carbonyl (C=O) groups is 1. The van der Waals surface area contributed by atoms with Crippen molar-refractivity contribution in [2.45, 2.75) is 76.8 Å². The lowest BCUT2D eigenvalue weighted by atomic mass is 9.87. The molecule has 0 bridgehead atoms. The van der Waals surface area contributed by atoms with Crippen LogP contribution in [0.1, 0.15) is 52.4 Å². The number of hydrogen-bond donors (Lipinski definition) is 0. The molecule has 0 N–H and O–H groups in total. The van der Waals surface area contributed by atoms with Gasteiger partial charge in [-0.05, 0) is 56.1 Å². The highest BCUT2D eigenvalue weighted by atomic mass is 16.5. The molecule has 5 atom stereocenters. The average molecular weight is 292 g/mol. The molecule has 2 fully saturated rings. The Labute approximate surface area is 128 Å². The Kier molecular flexibility index (Phi) is 5.77. The fraction of sp³-hybridized carbons (Fsp3) is 0.722. The van der Waals surface area contributed by atoms with Crippen LogP contribution in [0.3, 0.4) is 0 Å². The minimum absolute atomic E-state index is 0.140. The molecule has 2 aliphatic heterocycles. The van der Waals surface area contributed by atoms with E-state index in [4.69, 9.17) is 9.47 Å². The monoisotopic (exact) mass is 292 g/mol. The molecule has 2 unspecified atom stereocenters. The molecule has 0 aromatic heterocycles. The van der Waals surface area contributed by atoms with Crippen molar-refractivity contribution in [3.05, 3.63) is 24.3 Å². The third-order valence-corrected chi connectivity index (χ3v) is 4.83. The molecule has 2 aliphatic rings. The van der Waals surface area contributed by atoms with E-state index in [2.05, 4.69) is 27.0 Å². The van der Waals surface area contributed by atoms with Crippen LogP contribution in [-0.2, 0) is 14.3 Å². The molecule has 3 nitrogen and oxygen atoms in total. The Bertz CT molecular complexity index is 387. The molecule has 3 heteroatoms. The zero-order chi connectivity index (χ0) is 15.4. The normalized spacial score (nSPS) is 37.0. The summed E-state index contributed by atoms with van der Waals surface area (Å²) in [5.74, 6) is 0.534. The second kappa shape index (κ2) is 7.37. The smallest absolute Gasteiger partial charge is 0.120 e. The summed E-state index contributed by atoms with van der Waals surface area (Å²) >= 11 is 0. The van der Waals surface area contributed by atoms with Crippen molar-refractivity contribution in [1.29, 1.82) is 0 Å². The fourth-order valence-corrected chi connectivity index (χ4v) is 3.40. The van der Waals surface area contributed by atoms with Gasteiger partial charge in [0.05, 0.1) is 24.4 Å². The van der Waals surface area contributed by atoms with Crippen LogP contribution < -0.4 is 0 Å². The lowest BCUT2D eigenvalue weighted by Crippen LogP contribution is -2.32. The highest BCUT2D eigenvalue weighted by molar-refractivity contribution is 5.49. The van der Waals surface area contributed by atoms with Crippen LogP contribution >= 0.6 is 0 Å². The summed E-state index contributed by atoms with van der Waals surface area (Å²) in [5, 5.41) is 0. The van der Waals surface area contributed by atoms with Crippen LogP contribution in [0, 0.1) is 5.92 Å². The molecule has 2 saturated heterocycles. The predicted octanol–water partition coefficient (Wildman–Crippen LogP) is 3.83. The van der Waals surface area contributed by atoms with E-state index in [1.165, 1.54) is 11.1 Å². The molecular weight excluding hydrogens is 264 g/mol. The van der Waals surface area contributed by atoms with Gasteiger partial charge < -0.3 is 14.3 Å². The van der Waals surface area contributed by atoms with E-state index in [9.17, 15) is 4.79 Å².